The van der Waals surface area contributed by atoms with E-state index in [2.05, 4.69) is 10.4 Å². The molecule has 0 radical (unpaired) electrons. The van der Waals surface area contributed by atoms with E-state index >= 15 is 0 Å². The molecular weight excluding hydrogens is 376 g/mol. The summed E-state index contributed by atoms with van der Waals surface area (Å²) in [4.78, 5) is 23.7. The molecule has 3 aromatic carbocycles. The van der Waals surface area contributed by atoms with Gasteiger partial charge in [-0.15, -0.1) is 0 Å². The molecule has 0 unspecified atom stereocenters. The highest BCUT2D eigenvalue weighted by Crippen LogP contribution is 2.23. The predicted octanol–water partition coefficient (Wildman–Crippen LogP) is 3.82. The van der Waals surface area contributed by atoms with Gasteiger partial charge < -0.3 is 11.1 Å². The first-order valence-corrected chi connectivity index (χ1v) is 9.48. The first kappa shape index (κ1) is 19.1. The number of benzene rings is 3. The van der Waals surface area contributed by atoms with E-state index in [-0.39, 0.29) is 12.3 Å². The second kappa shape index (κ2) is 8.45. The van der Waals surface area contributed by atoms with Gasteiger partial charge in [0.25, 0.3) is 5.91 Å². The van der Waals surface area contributed by atoms with E-state index < -0.39 is 5.91 Å². The molecule has 3 N–H and O–H groups in total. The number of hydrogen-bond donors (Lipinski definition) is 2. The Bertz CT molecular complexity index is 1180. The first-order valence-electron chi connectivity index (χ1n) is 9.48. The smallest absolute Gasteiger partial charge is 0.255 e. The van der Waals surface area contributed by atoms with Crippen molar-refractivity contribution in [3.05, 3.63) is 102 Å². The van der Waals surface area contributed by atoms with Crippen molar-refractivity contribution < 1.29 is 9.59 Å². The number of aromatic nitrogens is 2. The number of amides is 2. The van der Waals surface area contributed by atoms with E-state index in [1.54, 1.807) is 42.6 Å². The highest BCUT2D eigenvalue weighted by molar-refractivity contribution is 6.04. The summed E-state index contributed by atoms with van der Waals surface area (Å²) in [6.45, 7) is 0. The lowest BCUT2D eigenvalue weighted by atomic mass is 10.1. The molecule has 1 aromatic heterocycles. The van der Waals surface area contributed by atoms with Crippen LogP contribution in [0.15, 0.2) is 91.1 Å². The van der Waals surface area contributed by atoms with E-state index in [1.165, 1.54) is 0 Å². The van der Waals surface area contributed by atoms with Gasteiger partial charge in [0.15, 0.2) is 0 Å². The fraction of sp³-hybridized carbons (Fsp3) is 0.0417. The van der Waals surface area contributed by atoms with Crippen LogP contribution in [0.5, 0.6) is 0 Å². The van der Waals surface area contributed by atoms with E-state index in [0.29, 0.717) is 11.3 Å². The summed E-state index contributed by atoms with van der Waals surface area (Å²) < 4.78 is 1.81. The van der Waals surface area contributed by atoms with Gasteiger partial charge in [-0.25, -0.2) is 4.68 Å². The van der Waals surface area contributed by atoms with Crippen LogP contribution in [0.2, 0.25) is 0 Å². The molecule has 148 valence electrons. The third-order valence-electron chi connectivity index (χ3n) is 4.66. The van der Waals surface area contributed by atoms with E-state index in [1.807, 2.05) is 53.2 Å². The van der Waals surface area contributed by atoms with Crippen LogP contribution >= 0.6 is 0 Å². The first-order chi connectivity index (χ1) is 14.6. The molecule has 0 saturated carbocycles. The van der Waals surface area contributed by atoms with E-state index in [4.69, 9.17) is 5.73 Å². The molecule has 6 nitrogen and oxygen atoms in total. The molecule has 0 fully saturated rings. The molecule has 30 heavy (non-hydrogen) atoms. The Kier molecular flexibility index (Phi) is 5.39. The molecule has 6 heteroatoms. The molecule has 4 aromatic rings. The van der Waals surface area contributed by atoms with Crippen LogP contribution in [-0.4, -0.2) is 21.6 Å². The van der Waals surface area contributed by atoms with E-state index in [0.717, 1.165) is 22.5 Å². The zero-order chi connectivity index (χ0) is 20.9. The summed E-state index contributed by atoms with van der Waals surface area (Å²) in [5.74, 6) is -0.620. The fourth-order valence-electron chi connectivity index (χ4n) is 3.23. The van der Waals surface area contributed by atoms with Gasteiger partial charge in [0.05, 0.1) is 24.0 Å². The minimum atomic E-state index is -0.392. The maximum Gasteiger partial charge on any atom is 0.255 e. The Labute approximate surface area is 174 Å². The minimum Gasteiger partial charge on any atom is -0.369 e. The van der Waals surface area contributed by atoms with Gasteiger partial charge in [-0.05, 0) is 42.0 Å². The van der Waals surface area contributed by atoms with Crippen LogP contribution in [0, 0.1) is 0 Å². The minimum absolute atomic E-state index is 0.171. The van der Waals surface area contributed by atoms with Crippen molar-refractivity contribution in [3.8, 4) is 16.9 Å². The van der Waals surface area contributed by atoms with Crippen molar-refractivity contribution in [2.45, 2.75) is 6.42 Å². The van der Waals surface area contributed by atoms with Gasteiger partial charge >= 0.3 is 0 Å². The number of nitrogens with two attached hydrogens (primary N) is 1. The fourth-order valence-corrected chi connectivity index (χ4v) is 3.23. The molecule has 0 aliphatic carbocycles. The summed E-state index contributed by atoms with van der Waals surface area (Å²) in [7, 11) is 0. The third kappa shape index (κ3) is 4.28. The summed E-state index contributed by atoms with van der Waals surface area (Å²) in [5.41, 5.74) is 9.94. The number of anilines is 1. The standard InChI is InChI=1S/C24H20N4O2/c25-23(29)15-17-9-11-20(12-10-17)27-24(30)19-7-4-8-21(16-19)28-22(13-14-26-28)18-5-2-1-3-6-18/h1-14,16H,15H2,(H2,25,29)(H,27,30). The number of nitrogens with zero attached hydrogens (tertiary/aromatic N) is 2. The van der Waals surface area contributed by atoms with Gasteiger partial charge in [0.2, 0.25) is 5.91 Å². The number of rotatable bonds is 6. The van der Waals surface area contributed by atoms with Crippen molar-refractivity contribution in [2.75, 3.05) is 5.32 Å². The summed E-state index contributed by atoms with van der Waals surface area (Å²) >= 11 is 0. The molecule has 4 rings (SSSR count). The van der Waals surface area contributed by atoms with Crippen molar-refractivity contribution in [1.29, 1.82) is 0 Å². The predicted molar refractivity (Wildman–Crippen MR) is 116 cm³/mol. The van der Waals surface area contributed by atoms with Crippen molar-refractivity contribution in [1.82, 2.24) is 9.78 Å². The monoisotopic (exact) mass is 396 g/mol. The number of carbonyl (C=O) groups excluding carboxylic acids is 2. The zero-order valence-corrected chi connectivity index (χ0v) is 16.2. The van der Waals surface area contributed by atoms with Crippen LogP contribution in [0.3, 0.4) is 0 Å². The lowest BCUT2D eigenvalue weighted by Crippen LogP contribution is -2.14. The van der Waals surface area contributed by atoms with Gasteiger partial charge in [-0.2, -0.15) is 5.10 Å². The lowest BCUT2D eigenvalue weighted by Gasteiger charge is -2.10. The van der Waals surface area contributed by atoms with Crippen molar-refractivity contribution in [2.24, 2.45) is 5.73 Å². The molecule has 0 spiro atoms. The quantitative estimate of drug-likeness (QED) is 0.519. The zero-order valence-electron chi connectivity index (χ0n) is 16.2. The highest BCUT2D eigenvalue weighted by Gasteiger charge is 2.11. The molecule has 0 aliphatic heterocycles. The SMILES string of the molecule is NC(=O)Cc1ccc(NC(=O)c2cccc(-n3nccc3-c3ccccc3)c2)cc1. The van der Waals surface area contributed by atoms with Crippen LogP contribution in [0.1, 0.15) is 15.9 Å². The largest absolute Gasteiger partial charge is 0.369 e. The van der Waals surface area contributed by atoms with Crippen molar-refractivity contribution >= 4 is 17.5 Å². The number of carbonyl (C=O) groups is 2. The van der Waals surface area contributed by atoms with E-state index in [9.17, 15) is 9.59 Å². The summed E-state index contributed by atoms with van der Waals surface area (Å²) in [5, 5.41) is 7.30. The Morgan fingerprint density at radius 3 is 2.40 bits per heavy atom. The molecular formula is C24H20N4O2. The molecule has 0 saturated heterocycles. The van der Waals surface area contributed by atoms with Crippen LogP contribution in [0.4, 0.5) is 5.69 Å². The lowest BCUT2D eigenvalue weighted by molar-refractivity contribution is -0.117. The molecule has 0 bridgehead atoms. The van der Waals surface area contributed by atoms with Crippen molar-refractivity contribution in [3.63, 3.8) is 0 Å². The Balaban J connectivity index is 1.55. The van der Waals surface area contributed by atoms with Crippen LogP contribution < -0.4 is 11.1 Å². The van der Waals surface area contributed by atoms with Crippen LogP contribution in [0.25, 0.3) is 16.9 Å². The Morgan fingerprint density at radius 2 is 1.67 bits per heavy atom. The molecule has 1 heterocycles. The average Bonchev–Trinajstić information content (AvgIpc) is 3.25. The number of hydrogen-bond acceptors (Lipinski definition) is 3. The molecule has 0 atom stereocenters. The number of nitrogens with one attached hydrogen (secondary N) is 1. The Hall–Kier alpha value is -4.19. The maximum atomic E-state index is 12.7. The van der Waals surface area contributed by atoms with Crippen LogP contribution in [-0.2, 0) is 11.2 Å². The molecule has 2 amide bonds. The topological polar surface area (TPSA) is 90.0 Å². The van der Waals surface area contributed by atoms with Gasteiger partial charge in [0, 0.05) is 16.8 Å². The second-order valence-corrected chi connectivity index (χ2v) is 6.84. The average molecular weight is 396 g/mol. The van der Waals surface area contributed by atoms with Gasteiger partial charge in [-0.1, -0.05) is 48.5 Å². The summed E-state index contributed by atoms with van der Waals surface area (Å²) in [6.07, 6.45) is 1.91. The number of primary amides is 1. The normalized spacial score (nSPS) is 10.5. The second-order valence-electron chi connectivity index (χ2n) is 6.84. The summed E-state index contributed by atoms with van der Waals surface area (Å²) in [6, 6.07) is 26.2. The third-order valence-corrected chi connectivity index (χ3v) is 4.66. The Morgan fingerprint density at radius 1 is 0.900 bits per heavy atom. The van der Waals surface area contributed by atoms with Gasteiger partial charge in [-0.3, -0.25) is 9.59 Å². The highest BCUT2D eigenvalue weighted by atomic mass is 16.2. The molecule has 0 aliphatic rings. The maximum absolute atomic E-state index is 12.7. The van der Waals surface area contributed by atoms with Gasteiger partial charge in [0.1, 0.15) is 0 Å².